The summed E-state index contributed by atoms with van der Waals surface area (Å²) in [7, 11) is 0. The largest absolute Gasteiger partial charge is 0.455 e. The van der Waals surface area contributed by atoms with Crippen molar-refractivity contribution in [2.24, 2.45) is 0 Å². The van der Waals surface area contributed by atoms with E-state index in [1.165, 1.54) is 0 Å². The average molecular weight is 338 g/mol. The van der Waals surface area contributed by atoms with E-state index in [2.05, 4.69) is 5.32 Å². The first-order valence-electron chi connectivity index (χ1n) is 7.57. The van der Waals surface area contributed by atoms with Crippen LogP contribution in [-0.4, -0.2) is 5.91 Å². The lowest BCUT2D eigenvalue weighted by molar-refractivity contribution is -0.115. The monoisotopic (exact) mass is 337 g/mol. The Morgan fingerprint density at radius 2 is 1.54 bits per heavy atom. The highest BCUT2D eigenvalue weighted by atomic mass is 35.5. The van der Waals surface area contributed by atoms with Gasteiger partial charge in [-0.25, -0.2) is 0 Å². The van der Waals surface area contributed by atoms with Crippen LogP contribution >= 0.6 is 11.6 Å². The maximum absolute atomic E-state index is 12.3. The molecule has 0 unspecified atom stereocenters. The molecule has 3 rings (SSSR count). The molecule has 0 atom stereocenters. The molecule has 0 radical (unpaired) electrons. The molecule has 0 aliphatic rings. The molecule has 0 aliphatic heterocycles. The fraction of sp³-hybridized carbons (Fsp3) is 0.0500. The third kappa shape index (κ3) is 4.37. The van der Waals surface area contributed by atoms with Crippen molar-refractivity contribution in [3.63, 3.8) is 0 Å². The summed E-state index contributed by atoms with van der Waals surface area (Å²) in [5.41, 5.74) is 1.54. The fourth-order valence-corrected chi connectivity index (χ4v) is 2.38. The van der Waals surface area contributed by atoms with Crippen molar-refractivity contribution in [2.45, 2.75) is 6.42 Å². The molecule has 24 heavy (non-hydrogen) atoms. The van der Waals surface area contributed by atoms with Gasteiger partial charge in [-0.05, 0) is 42.0 Å². The number of hydrogen-bond donors (Lipinski definition) is 1. The molecule has 0 spiro atoms. The standard InChI is InChI=1S/C20H16ClNO2/c21-16-12-10-15(11-13-16)14-20(23)22-18-8-4-5-9-19(18)24-17-6-2-1-3-7-17/h1-13H,14H2,(H,22,23). The number of ether oxygens (including phenoxy) is 1. The Labute approximate surface area is 145 Å². The summed E-state index contributed by atoms with van der Waals surface area (Å²) < 4.78 is 5.84. The van der Waals surface area contributed by atoms with Crippen LogP contribution in [0.4, 0.5) is 5.69 Å². The summed E-state index contributed by atoms with van der Waals surface area (Å²) in [6.07, 6.45) is 0.275. The third-order valence-electron chi connectivity index (χ3n) is 3.41. The summed E-state index contributed by atoms with van der Waals surface area (Å²) in [4.78, 5) is 12.3. The summed E-state index contributed by atoms with van der Waals surface area (Å²) in [5.74, 6) is 1.21. The molecule has 3 nitrogen and oxygen atoms in total. The van der Waals surface area contributed by atoms with Crippen LogP contribution in [0.2, 0.25) is 5.02 Å². The van der Waals surface area contributed by atoms with Crippen molar-refractivity contribution in [1.82, 2.24) is 0 Å². The topological polar surface area (TPSA) is 38.3 Å². The molecular weight excluding hydrogens is 322 g/mol. The minimum absolute atomic E-state index is 0.110. The number of para-hydroxylation sites is 3. The maximum Gasteiger partial charge on any atom is 0.228 e. The van der Waals surface area contributed by atoms with Gasteiger partial charge in [-0.15, -0.1) is 0 Å². The highest BCUT2D eigenvalue weighted by Gasteiger charge is 2.09. The van der Waals surface area contributed by atoms with Crippen LogP contribution in [-0.2, 0) is 11.2 Å². The van der Waals surface area contributed by atoms with E-state index in [4.69, 9.17) is 16.3 Å². The normalized spacial score (nSPS) is 10.2. The number of nitrogens with one attached hydrogen (secondary N) is 1. The van der Waals surface area contributed by atoms with Gasteiger partial charge in [0.2, 0.25) is 5.91 Å². The Morgan fingerprint density at radius 1 is 0.875 bits per heavy atom. The fourth-order valence-electron chi connectivity index (χ4n) is 2.26. The molecule has 3 aromatic carbocycles. The number of carbonyl (C=O) groups excluding carboxylic acids is 1. The predicted octanol–water partition coefficient (Wildman–Crippen LogP) is 5.31. The Morgan fingerprint density at radius 3 is 2.29 bits per heavy atom. The Balaban J connectivity index is 1.70. The Hall–Kier alpha value is -2.78. The second-order valence-corrected chi connectivity index (χ2v) is 5.70. The quantitative estimate of drug-likeness (QED) is 0.684. The van der Waals surface area contributed by atoms with Crippen molar-refractivity contribution in [2.75, 3.05) is 5.32 Å². The molecule has 0 saturated heterocycles. The molecule has 0 bridgehead atoms. The summed E-state index contributed by atoms with van der Waals surface area (Å²) in [6, 6.07) is 24.1. The van der Waals surface area contributed by atoms with E-state index in [0.29, 0.717) is 16.5 Å². The van der Waals surface area contributed by atoms with Gasteiger partial charge in [-0.3, -0.25) is 4.79 Å². The molecule has 4 heteroatoms. The van der Waals surface area contributed by atoms with Crippen LogP contribution in [0.15, 0.2) is 78.9 Å². The maximum atomic E-state index is 12.3. The van der Waals surface area contributed by atoms with Gasteiger partial charge in [0.1, 0.15) is 5.75 Å². The van der Waals surface area contributed by atoms with Crippen LogP contribution in [0.5, 0.6) is 11.5 Å². The molecule has 0 heterocycles. The van der Waals surface area contributed by atoms with E-state index in [1.54, 1.807) is 12.1 Å². The smallest absolute Gasteiger partial charge is 0.228 e. The number of rotatable bonds is 5. The Bertz CT molecular complexity index is 817. The second kappa shape index (κ2) is 7.66. The number of hydrogen-bond acceptors (Lipinski definition) is 2. The van der Waals surface area contributed by atoms with E-state index >= 15 is 0 Å². The highest BCUT2D eigenvalue weighted by Crippen LogP contribution is 2.29. The van der Waals surface area contributed by atoms with Crippen molar-refractivity contribution in [3.05, 3.63) is 89.4 Å². The van der Waals surface area contributed by atoms with E-state index in [0.717, 1.165) is 11.3 Å². The van der Waals surface area contributed by atoms with Gasteiger partial charge >= 0.3 is 0 Å². The molecule has 0 saturated carbocycles. The summed E-state index contributed by atoms with van der Waals surface area (Å²) in [5, 5.41) is 3.55. The Kier molecular flexibility index (Phi) is 5.14. The first kappa shape index (κ1) is 16.1. The predicted molar refractivity (Wildman–Crippen MR) is 96.7 cm³/mol. The van der Waals surface area contributed by atoms with Crippen LogP contribution in [0.3, 0.4) is 0 Å². The van der Waals surface area contributed by atoms with Crippen LogP contribution in [0.1, 0.15) is 5.56 Å². The van der Waals surface area contributed by atoms with Crippen LogP contribution in [0.25, 0.3) is 0 Å². The first-order chi connectivity index (χ1) is 11.7. The minimum Gasteiger partial charge on any atom is -0.455 e. The molecular formula is C20H16ClNO2. The van der Waals surface area contributed by atoms with Gasteiger partial charge in [0, 0.05) is 5.02 Å². The zero-order chi connectivity index (χ0) is 16.8. The van der Waals surface area contributed by atoms with Crippen LogP contribution in [0, 0.1) is 0 Å². The van der Waals surface area contributed by atoms with Gasteiger partial charge in [-0.1, -0.05) is 54.1 Å². The van der Waals surface area contributed by atoms with Gasteiger partial charge < -0.3 is 10.1 Å². The second-order valence-electron chi connectivity index (χ2n) is 5.26. The van der Waals surface area contributed by atoms with E-state index in [-0.39, 0.29) is 12.3 Å². The van der Waals surface area contributed by atoms with Gasteiger partial charge in [0.15, 0.2) is 5.75 Å². The molecule has 1 amide bonds. The van der Waals surface area contributed by atoms with E-state index < -0.39 is 0 Å². The molecule has 120 valence electrons. The number of halogens is 1. The molecule has 3 aromatic rings. The lowest BCUT2D eigenvalue weighted by Gasteiger charge is -2.12. The van der Waals surface area contributed by atoms with Crippen molar-refractivity contribution in [3.8, 4) is 11.5 Å². The zero-order valence-electron chi connectivity index (χ0n) is 12.9. The van der Waals surface area contributed by atoms with E-state index in [9.17, 15) is 4.79 Å². The number of carbonyl (C=O) groups is 1. The number of anilines is 1. The lowest BCUT2D eigenvalue weighted by Crippen LogP contribution is -2.14. The molecule has 1 N–H and O–H groups in total. The lowest BCUT2D eigenvalue weighted by atomic mass is 10.1. The minimum atomic E-state index is -0.110. The average Bonchev–Trinajstić information content (AvgIpc) is 2.60. The molecule has 0 aliphatic carbocycles. The molecule has 0 fully saturated rings. The van der Waals surface area contributed by atoms with Crippen molar-refractivity contribution in [1.29, 1.82) is 0 Å². The van der Waals surface area contributed by atoms with Crippen LogP contribution < -0.4 is 10.1 Å². The first-order valence-corrected chi connectivity index (χ1v) is 7.95. The van der Waals surface area contributed by atoms with Crippen molar-refractivity contribution >= 4 is 23.2 Å². The van der Waals surface area contributed by atoms with E-state index in [1.807, 2.05) is 66.7 Å². The summed E-state index contributed by atoms with van der Waals surface area (Å²) >= 11 is 5.86. The third-order valence-corrected chi connectivity index (χ3v) is 3.66. The number of benzene rings is 3. The highest BCUT2D eigenvalue weighted by molar-refractivity contribution is 6.30. The van der Waals surface area contributed by atoms with Crippen molar-refractivity contribution < 1.29 is 9.53 Å². The number of amides is 1. The molecule has 0 aromatic heterocycles. The van der Waals surface area contributed by atoms with Gasteiger partial charge in [-0.2, -0.15) is 0 Å². The van der Waals surface area contributed by atoms with Gasteiger partial charge in [0.25, 0.3) is 0 Å². The van der Waals surface area contributed by atoms with Gasteiger partial charge in [0.05, 0.1) is 12.1 Å². The zero-order valence-corrected chi connectivity index (χ0v) is 13.7. The summed E-state index contributed by atoms with van der Waals surface area (Å²) in [6.45, 7) is 0. The SMILES string of the molecule is O=C(Cc1ccc(Cl)cc1)Nc1ccccc1Oc1ccccc1.